The van der Waals surface area contributed by atoms with Crippen LogP contribution < -0.4 is 11.3 Å². The van der Waals surface area contributed by atoms with Crippen molar-refractivity contribution in [3.05, 3.63) is 12.2 Å². The fourth-order valence-electron chi connectivity index (χ4n) is 2.84. The van der Waals surface area contributed by atoms with E-state index < -0.39 is 0 Å². The van der Waals surface area contributed by atoms with Crippen LogP contribution in [0.15, 0.2) is 6.33 Å². The van der Waals surface area contributed by atoms with Crippen molar-refractivity contribution < 1.29 is 9.47 Å². The second kappa shape index (κ2) is 6.62. The van der Waals surface area contributed by atoms with Gasteiger partial charge in [0.1, 0.15) is 12.2 Å². The van der Waals surface area contributed by atoms with Gasteiger partial charge < -0.3 is 9.47 Å². The van der Waals surface area contributed by atoms with Gasteiger partial charge in [-0.2, -0.15) is 5.10 Å². The average molecular weight is 283 g/mol. The summed E-state index contributed by atoms with van der Waals surface area (Å²) in [6, 6.07) is 0.261. The highest BCUT2D eigenvalue weighted by molar-refractivity contribution is 5.01. The number of nitrogens with one attached hydrogen (secondary N) is 1. The molecule has 2 heterocycles. The second-order valence-electron chi connectivity index (χ2n) is 5.52. The zero-order valence-electron chi connectivity index (χ0n) is 12.5. The molecular formula is C13H25N5O2. The summed E-state index contributed by atoms with van der Waals surface area (Å²) in [5, 5.41) is 4.27. The van der Waals surface area contributed by atoms with Crippen LogP contribution in [0.4, 0.5) is 0 Å². The quantitative estimate of drug-likeness (QED) is 0.581. The molecule has 1 aromatic heterocycles. The second-order valence-corrected chi connectivity index (χ2v) is 5.52. The Bertz CT molecular complexity index is 415. The lowest BCUT2D eigenvalue weighted by molar-refractivity contribution is -0.110. The van der Waals surface area contributed by atoms with E-state index >= 15 is 0 Å². The molecule has 0 spiro atoms. The Hall–Kier alpha value is -1.02. The molecule has 0 bridgehead atoms. The van der Waals surface area contributed by atoms with Gasteiger partial charge in [-0.15, -0.1) is 0 Å². The minimum absolute atomic E-state index is 0.0156. The van der Waals surface area contributed by atoms with Gasteiger partial charge in [0.05, 0.1) is 11.6 Å². The van der Waals surface area contributed by atoms with E-state index in [-0.39, 0.29) is 17.7 Å². The van der Waals surface area contributed by atoms with Crippen molar-refractivity contribution >= 4 is 0 Å². The third-order valence-corrected chi connectivity index (χ3v) is 4.11. The number of aromatic nitrogens is 3. The molecule has 1 aliphatic heterocycles. The summed E-state index contributed by atoms with van der Waals surface area (Å²) in [5.41, 5.74) is 2.60. The largest absolute Gasteiger partial charge is 0.381 e. The molecule has 2 rings (SSSR count). The molecule has 20 heavy (non-hydrogen) atoms. The molecule has 7 nitrogen and oxygen atoms in total. The number of ether oxygens (including phenoxy) is 2. The molecule has 7 heteroatoms. The number of nitrogens with two attached hydrogens (primary N) is 1. The minimum Gasteiger partial charge on any atom is -0.381 e. The van der Waals surface area contributed by atoms with Gasteiger partial charge in [0.25, 0.3) is 0 Å². The van der Waals surface area contributed by atoms with Gasteiger partial charge >= 0.3 is 0 Å². The summed E-state index contributed by atoms with van der Waals surface area (Å²) >= 11 is 0. The first-order valence-corrected chi connectivity index (χ1v) is 7.10. The van der Waals surface area contributed by atoms with E-state index in [0.29, 0.717) is 19.6 Å². The molecule has 1 fully saturated rings. The molecule has 1 unspecified atom stereocenters. The van der Waals surface area contributed by atoms with Gasteiger partial charge in [-0.3, -0.25) is 11.3 Å². The first-order chi connectivity index (χ1) is 9.63. The Morgan fingerprint density at radius 1 is 1.50 bits per heavy atom. The van der Waals surface area contributed by atoms with Crippen LogP contribution in [0.3, 0.4) is 0 Å². The van der Waals surface area contributed by atoms with Crippen LogP contribution in [-0.2, 0) is 15.9 Å². The SMILES string of the molecule is COC1(C(Cc2ncnn2C(C)C)NN)CCOCC1. The van der Waals surface area contributed by atoms with Crippen molar-refractivity contribution in [2.45, 2.75) is 50.8 Å². The van der Waals surface area contributed by atoms with E-state index in [0.717, 1.165) is 18.7 Å². The average Bonchev–Trinajstić information content (AvgIpc) is 2.94. The van der Waals surface area contributed by atoms with E-state index in [1.54, 1.807) is 13.4 Å². The fraction of sp³-hybridized carbons (Fsp3) is 0.846. The zero-order chi connectivity index (χ0) is 14.6. The van der Waals surface area contributed by atoms with Crippen molar-refractivity contribution in [3.63, 3.8) is 0 Å². The van der Waals surface area contributed by atoms with E-state index in [9.17, 15) is 0 Å². The molecule has 0 saturated carbocycles. The van der Waals surface area contributed by atoms with Crippen LogP contribution in [0.25, 0.3) is 0 Å². The predicted molar refractivity (Wildman–Crippen MR) is 75.0 cm³/mol. The summed E-state index contributed by atoms with van der Waals surface area (Å²) in [4.78, 5) is 4.35. The number of nitrogens with zero attached hydrogens (tertiary/aromatic N) is 3. The lowest BCUT2D eigenvalue weighted by Crippen LogP contribution is -2.58. The summed E-state index contributed by atoms with van der Waals surface area (Å²) < 4.78 is 13.2. The third-order valence-electron chi connectivity index (χ3n) is 4.11. The fourth-order valence-corrected chi connectivity index (χ4v) is 2.84. The number of hydrazine groups is 1. The molecule has 0 amide bonds. The maximum atomic E-state index is 5.80. The van der Waals surface area contributed by atoms with Crippen LogP contribution in [0, 0.1) is 0 Å². The Morgan fingerprint density at radius 2 is 2.20 bits per heavy atom. The molecule has 1 saturated heterocycles. The Balaban J connectivity index is 2.17. The van der Waals surface area contributed by atoms with E-state index in [1.165, 1.54) is 0 Å². The van der Waals surface area contributed by atoms with Crippen LogP contribution in [0.2, 0.25) is 0 Å². The summed E-state index contributed by atoms with van der Waals surface area (Å²) in [5.74, 6) is 6.70. The normalized spacial score (nSPS) is 20.2. The molecule has 114 valence electrons. The standard InChI is InChI=1S/C13H25N5O2/c1-10(2)18-12(15-9-16-18)8-11(17-14)13(19-3)4-6-20-7-5-13/h9-11,17H,4-8,14H2,1-3H3. The molecule has 3 N–H and O–H groups in total. The highest BCUT2D eigenvalue weighted by atomic mass is 16.5. The van der Waals surface area contributed by atoms with Gasteiger partial charge in [-0.1, -0.05) is 0 Å². The zero-order valence-corrected chi connectivity index (χ0v) is 12.5. The molecule has 1 aromatic rings. The first kappa shape index (κ1) is 15.4. The Kier molecular flexibility index (Phi) is 5.09. The molecule has 1 aliphatic rings. The smallest absolute Gasteiger partial charge is 0.138 e. The molecule has 0 radical (unpaired) electrons. The summed E-state index contributed by atoms with van der Waals surface area (Å²) in [6.45, 7) is 5.57. The van der Waals surface area contributed by atoms with Crippen LogP contribution >= 0.6 is 0 Å². The lowest BCUT2D eigenvalue weighted by Gasteiger charge is -2.41. The van der Waals surface area contributed by atoms with Crippen molar-refractivity contribution in [2.75, 3.05) is 20.3 Å². The molecule has 1 atom stereocenters. The van der Waals surface area contributed by atoms with Gasteiger partial charge in [0.15, 0.2) is 0 Å². The maximum Gasteiger partial charge on any atom is 0.138 e. The van der Waals surface area contributed by atoms with Crippen molar-refractivity contribution in [1.82, 2.24) is 20.2 Å². The van der Waals surface area contributed by atoms with Gasteiger partial charge in [0.2, 0.25) is 0 Å². The molecular weight excluding hydrogens is 258 g/mol. The van der Waals surface area contributed by atoms with Crippen molar-refractivity contribution in [2.24, 2.45) is 5.84 Å². The van der Waals surface area contributed by atoms with Crippen LogP contribution in [0.5, 0.6) is 0 Å². The highest BCUT2D eigenvalue weighted by Gasteiger charge is 2.41. The van der Waals surface area contributed by atoms with E-state index in [4.69, 9.17) is 15.3 Å². The molecule has 0 aliphatic carbocycles. The summed E-state index contributed by atoms with van der Waals surface area (Å²) in [6.07, 6.45) is 3.93. The third kappa shape index (κ3) is 3.01. The van der Waals surface area contributed by atoms with Gasteiger partial charge in [-0.05, 0) is 13.8 Å². The van der Waals surface area contributed by atoms with Crippen LogP contribution in [0.1, 0.15) is 38.6 Å². The summed E-state index contributed by atoms with van der Waals surface area (Å²) in [7, 11) is 1.74. The Labute approximate surface area is 119 Å². The van der Waals surface area contributed by atoms with E-state index in [1.807, 2.05) is 4.68 Å². The first-order valence-electron chi connectivity index (χ1n) is 7.10. The topological polar surface area (TPSA) is 87.2 Å². The van der Waals surface area contributed by atoms with E-state index in [2.05, 4.69) is 29.4 Å². The predicted octanol–water partition coefficient (Wildman–Crippen LogP) is 0.429. The van der Waals surface area contributed by atoms with Gasteiger partial charge in [0, 0.05) is 45.6 Å². The van der Waals surface area contributed by atoms with Crippen LogP contribution in [-0.4, -0.2) is 46.7 Å². The maximum absolute atomic E-state index is 5.80. The Morgan fingerprint density at radius 3 is 2.75 bits per heavy atom. The highest BCUT2D eigenvalue weighted by Crippen LogP contribution is 2.29. The number of methoxy groups -OCH3 is 1. The van der Waals surface area contributed by atoms with Crippen molar-refractivity contribution in [1.29, 1.82) is 0 Å². The minimum atomic E-state index is -0.305. The number of hydrogen-bond donors (Lipinski definition) is 2. The number of hydrogen-bond acceptors (Lipinski definition) is 6. The monoisotopic (exact) mass is 283 g/mol. The van der Waals surface area contributed by atoms with Gasteiger partial charge in [-0.25, -0.2) is 9.67 Å². The van der Waals surface area contributed by atoms with Crippen molar-refractivity contribution in [3.8, 4) is 0 Å². The lowest BCUT2D eigenvalue weighted by atomic mass is 9.84. The number of rotatable bonds is 6. The molecule has 0 aromatic carbocycles.